The van der Waals surface area contributed by atoms with Crippen LogP contribution in [0.1, 0.15) is 31.5 Å². The van der Waals surface area contributed by atoms with Crippen LogP contribution in [0, 0.1) is 6.92 Å². The van der Waals surface area contributed by atoms with Gasteiger partial charge in [0.05, 0.1) is 0 Å². The molecule has 4 rings (SSSR count). The Morgan fingerprint density at radius 1 is 1.17 bits per heavy atom. The molecule has 0 saturated carbocycles. The maximum atomic E-state index is 12.8. The van der Waals surface area contributed by atoms with Crippen molar-refractivity contribution in [3.05, 3.63) is 70.4 Å². The number of fused-ring (bicyclic) bond motifs is 1. The zero-order valence-electron chi connectivity index (χ0n) is 15.2. The molecule has 2 heterocycles. The first-order chi connectivity index (χ1) is 14.0. The van der Waals surface area contributed by atoms with Crippen LogP contribution in [0.15, 0.2) is 57.3 Å². The third-order valence-corrected chi connectivity index (χ3v) is 6.06. The lowest BCUT2D eigenvalue weighted by molar-refractivity contribution is 0.0701. The number of aromatic nitrogens is 2. The average Bonchev–Trinajstić information content (AvgIpc) is 3.29. The van der Waals surface area contributed by atoms with Gasteiger partial charge in [-0.05, 0) is 31.2 Å². The summed E-state index contributed by atoms with van der Waals surface area (Å²) in [7, 11) is 0. The Bertz CT molecular complexity index is 1220. The molecular formula is C20H15N3O4S2. The zero-order valence-corrected chi connectivity index (χ0v) is 16.9. The van der Waals surface area contributed by atoms with E-state index in [1.165, 1.54) is 29.2 Å². The van der Waals surface area contributed by atoms with Gasteiger partial charge in [-0.1, -0.05) is 47.4 Å². The fraction of sp³-hybridized carbons (Fsp3) is 0.100. The predicted molar refractivity (Wildman–Crippen MR) is 110 cm³/mol. The number of primary amides is 1. The summed E-state index contributed by atoms with van der Waals surface area (Å²) in [6.45, 7) is 1.89. The fourth-order valence-corrected chi connectivity index (χ4v) is 4.59. The summed E-state index contributed by atoms with van der Waals surface area (Å²) in [5.41, 5.74) is 6.85. The van der Waals surface area contributed by atoms with Crippen LogP contribution in [0.25, 0.3) is 11.0 Å². The van der Waals surface area contributed by atoms with E-state index in [9.17, 15) is 9.59 Å². The molecule has 0 unspecified atom stereocenters. The second-order valence-corrected chi connectivity index (χ2v) is 8.47. The van der Waals surface area contributed by atoms with Gasteiger partial charge in [-0.3, -0.25) is 4.79 Å². The van der Waals surface area contributed by atoms with Crippen molar-refractivity contribution in [1.29, 1.82) is 0 Å². The number of hydrogen-bond acceptors (Lipinski definition) is 8. The Morgan fingerprint density at radius 3 is 2.76 bits per heavy atom. The normalized spacial score (nSPS) is 10.9. The van der Waals surface area contributed by atoms with Crippen molar-refractivity contribution >= 4 is 45.9 Å². The summed E-state index contributed by atoms with van der Waals surface area (Å²) in [5, 5.41) is 9.82. The highest BCUT2D eigenvalue weighted by Gasteiger charge is 2.23. The molecule has 2 aromatic heterocycles. The minimum atomic E-state index is -0.646. The van der Waals surface area contributed by atoms with Crippen molar-refractivity contribution in [2.75, 3.05) is 0 Å². The lowest BCUT2D eigenvalue weighted by Gasteiger charge is -2.05. The minimum absolute atomic E-state index is 0.115. The standard InChI is InChI=1S/C20H15N3O4S2/c1-11-22-23-20(29-11)28-10-15-14-7-2-3-8-16(14)27-17(15)19(25)26-13-6-4-5-12(9-13)18(21)24/h2-9H,10H2,1H3,(H2,21,24). The van der Waals surface area contributed by atoms with Gasteiger partial charge in [0.2, 0.25) is 11.7 Å². The van der Waals surface area contributed by atoms with Crippen molar-refractivity contribution in [2.24, 2.45) is 5.73 Å². The van der Waals surface area contributed by atoms with Crippen LogP contribution in [0.4, 0.5) is 0 Å². The highest BCUT2D eigenvalue weighted by Crippen LogP contribution is 2.33. The van der Waals surface area contributed by atoms with Crippen LogP contribution >= 0.6 is 23.1 Å². The SMILES string of the molecule is Cc1nnc(SCc2c(C(=O)Oc3cccc(C(N)=O)c3)oc3ccccc23)s1. The van der Waals surface area contributed by atoms with Gasteiger partial charge < -0.3 is 14.9 Å². The first-order valence-corrected chi connectivity index (χ1v) is 10.4. The molecule has 2 N–H and O–H groups in total. The second-order valence-electron chi connectivity index (χ2n) is 6.06. The van der Waals surface area contributed by atoms with Crippen LogP contribution in [0.5, 0.6) is 5.75 Å². The fourth-order valence-electron chi connectivity index (χ4n) is 2.74. The van der Waals surface area contributed by atoms with Gasteiger partial charge in [-0.15, -0.1) is 10.2 Å². The number of carbonyl (C=O) groups excluding carboxylic acids is 2. The van der Waals surface area contributed by atoms with Crippen LogP contribution in [-0.2, 0) is 5.75 Å². The molecule has 0 radical (unpaired) electrons. The topological polar surface area (TPSA) is 108 Å². The van der Waals surface area contributed by atoms with E-state index in [1.807, 2.05) is 25.1 Å². The lowest BCUT2D eigenvalue weighted by Crippen LogP contribution is -2.13. The number of rotatable bonds is 6. The van der Waals surface area contributed by atoms with E-state index >= 15 is 0 Å². The maximum Gasteiger partial charge on any atom is 0.379 e. The van der Waals surface area contributed by atoms with Crippen LogP contribution in [-0.4, -0.2) is 22.1 Å². The zero-order chi connectivity index (χ0) is 20.4. The minimum Gasteiger partial charge on any atom is -0.449 e. The first kappa shape index (κ1) is 19.2. The first-order valence-electron chi connectivity index (χ1n) is 8.56. The number of nitrogens with two attached hydrogens (primary N) is 1. The molecule has 1 amide bonds. The van der Waals surface area contributed by atoms with Crippen molar-refractivity contribution < 1.29 is 18.7 Å². The number of furan rings is 1. The van der Waals surface area contributed by atoms with Crippen molar-refractivity contribution in [2.45, 2.75) is 17.0 Å². The highest BCUT2D eigenvalue weighted by atomic mass is 32.2. The molecule has 0 bridgehead atoms. The van der Waals surface area contributed by atoms with Crippen LogP contribution < -0.4 is 10.5 Å². The number of aryl methyl sites for hydroxylation is 1. The number of amides is 1. The van der Waals surface area contributed by atoms with E-state index in [4.69, 9.17) is 14.9 Å². The molecule has 4 aromatic rings. The van der Waals surface area contributed by atoms with Gasteiger partial charge in [-0.2, -0.15) is 0 Å². The number of thioether (sulfide) groups is 1. The molecule has 0 atom stereocenters. The molecule has 0 aliphatic heterocycles. The van der Waals surface area contributed by atoms with E-state index in [0.717, 1.165) is 20.3 Å². The molecule has 0 fully saturated rings. The largest absolute Gasteiger partial charge is 0.449 e. The predicted octanol–water partition coefficient (Wildman–Crippen LogP) is 4.20. The van der Waals surface area contributed by atoms with Gasteiger partial charge in [0, 0.05) is 22.3 Å². The summed E-state index contributed by atoms with van der Waals surface area (Å²) >= 11 is 2.96. The summed E-state index contributed by atoms with van der Waals surface area (Å²) < 4.78 is 12.0. The van der Waals surface area contributed by atoms with Crippen LogP contribution in [0.2, 0.25) is 0 Å². The lowest BCUT2D eigenvalue weighted by atomic mass is 10.1. The third-order valence-electron chi connectivity index (χ3n) is 4.06. The number of nitrogens with zero attached hydrogens (tertiary/aromatic N) is 2. The van der Waals surface area contributed by atoms with E-state index in [0.29, 0.717) is 11.3 Å². The number of esters is 1. The van der Waals surface area contributed by atoms with Gasteiger partial charge >= 0.3 is 5.97 Å². The molecule has 0 aliphatic rings. The summed E-state index contributed by atoms with van der Waals surface area (Å²) in [5.74, 6) is -0.449. The molecule has 146 valence electrons. The molecule has 0 saturated heterocycles. The molecule has 2 aromatic carbocycles. The average molecular weight is 425 g/mol. The van der Waals surface area contributed by atoms with E-state index in [-0.39, 0.29) is 17.1 Å². The Balaban J connectivity index is 1.64. The molecule has 9 heteroatoms. The van der Waals surface area contributed by atoms with E-state index < -0.39 is 11.9 Å². The van der Waals surface area contributed by atoms with Gasteiger partial charge in [0.15, 0.2) is 4.34 Å². The number of carbonyl (C=O) groups is 2. The monoisotopic (exact) mass is 425 g/mol. The summed E-state index contributed by atoms with van der Waals surface area (Å²) in [6, 6.07) is 13.5. The van der Waals surface area contributed by atoms with Gasteiger partial charge in [-0.25, -0.2) is 4.79 Å². The number of ether oxygens (including phenoxy) is 1. The quantitative estimate of drug-likeness (QED) is 0.280. The number of hydrogen-bond donors (Lipinski definition) is 1. The molecule has 7 nitrogen and oxygen atoms in total. The molecule has 29 heavy (non-hydrogen) atoms. The van der Waals surface area contributed by atoms with Crippen LogP contribution in [0.3, 0.4) is 0 Å². The third kappa shape index (κ3) is 4.15. The molecule has 0 spiro atoms. The summed E-state index contributed by atoms with van der Waals surface area (Å²) in [4.78, 5) is 24.2. The van der Waals surface area contributed by atoms with Gasteiger partial charge in [0.25, 0.3) is 0 Å². The van der Waals surface area contributed by atoms with E-state index in [1.54, 1.807) is 24.3 Å². The molecule has 0 aliphatic carbocycles. The second kappa shape index (κ2) is 8.06. The van der Waals surface area contributed by atoms with Crippen molar-refractivity contribution in [1.82, 2.24) is 10.2 Å². The van der Waals surface area contributed by atoms with Crippen molar-refractivity contribution in [3.8, 4) is 5.75 Å². The Labute approximate surface area is 173 Å². The Hall–Kier alpha value is -3.17. The maximum absolute atomic E-state index is 12.8. The van der Waals surface area contributed by atoms with Crippen molar-refractivity contribution in [3.63, 3.8) is 0 Å². The molecular weight excluding hydrogens is 410 g/mol. The van der Waals surface area contributed by atoms with Gasteiger partial charge in [0.1, 0.15) is 16.3 Å². The smallest absolute Gasteiger partial charge is 0.379 e. The summed E-state index contributed by atoms with van der Waals surface area (Å²) in [6.07, 6.45) is 0. The number of para-hydroxylation sites is 1. The number of benzene rings is 2. The van der Waals surface area contributed by atoms with E-state index in [2.05, 4.69) is 10.2 Å². The Kier molecular flexibility index (Phi) is 5.32. The highest BCUT2D eigenvalue weighted by molar-refractivity contribution is 8.00. The Morgan fingerprint density at radius 2 is 2.00 bits per heavy atom.